The maximum atomic E-state index is 12.2. The summed E-state index contributed by atoms with van der Waals surface area (Å²) in [5, 5.41) is 2.68. The van der Waals surface area contributed by atoms with Crippen LogP contribution >= 0.6 is 0 Å². The van der Waals surface area contributed by atoms with Gasteiger partial charge in [0.2, 0.25) is 0 Å². The number of pyridine rings is 1. The van der Waals surface area contributed by atoms with E-state index in [0.717, 1.165) is 0 Å². The molecule has 1 aromatic carbocycles. The number of nitrogens with zero attached hydrogens (tertiary/aromatic N) is 1. The van der Waals surface area contributed by atoms with E-state index in [2.05, 4.69) is 10.3 Å². The maximum absolute atomic E-state index is 12.2. The monoisotopic (exact) mass is 328 g/mol. The fraction of sp³-hybridized carbons (Fsp3) is 0.235. The molecule has 0 saturated carbocycles. The zero-order chi connectivity index (χ0) is 16.9. The van der Waals surface area contributed by atoms with Crippen LogP contribution in [0.5, 0.6) is 11.5 Å². The number of esters is 1. The highest BCUT2D eigenvalue weighted by atomic mass is 16.6. The second-order valence-electron chi connectivity index (χ2n) is 5.14. The number of aromatic nitrogens is 1. The van der Waals surface area contributed by atoms with Gasteiger partial charge in [-0.05, 0) is 31.2 Å². The number of rotatable bonds is 4. The van der Waals surface area contributed by atoms with Gasteiger partial charge in [-0.3, -0.25) is 9.78 Å². The highest BCUT2D eigenvalue weighted by molar-refractivity contribution is 5.97. The largest absolute Gasteiger partial charge is 0.486 e. The highest BCUT2D eigenvalue weighted by Crippen LogP contribution is 2.32. The summed E-state index contributed by atoms with van der Waals surface area (Å²) >= 11 is 0. The Morgan fingerprint density at radius 2 is 2.00 bits per heavy atom. The lowest BCUT2D eigenvalue weighted by atomic mass is 10.2. The average molecular weight is 328 g/mol. The molecule has 0 aliphatic carbocycles. The minimum atomic E-state index is -0.953. The van der Waals surface area contributed by atoms with E-state index in [0.29, 0.717) is 30.4 Å². The van der Waals surface area contributed by atoms with Crippen molar-refractivity contribution in [3.63, 3.8) is 0 Å². The number of carbonyl (C=O) groups excluding carboxylic acids is 2. The Bertz CT molecular complexity index is 748. The van der Waals surface area contributed by atoms with Crippen LogP contribution < -0.4 is 14.8 Å². The summed E-state index contributed by atoms with van der Waals surface area (Å²) in [6, 6.07) is 8.27. The van der Waals surface area contributed by atoms with Crippen LogP contribution in [0.2, 0.25) is 0 Å². The van der Waals surface area contributed by atoms with Gasteiger partial charge in [0.1, 0.15) is 13.2 Å². The molecular formula is C17H16N2O5. The lowest BCUT2D eigenvalue weighted by Crippen LogP contribution is -2.30. The predicted molar refractivity (Wildman–Crippen MR) is 85.2 cm³/mol. The van der Waals surface area contributed by atoms with E-state index in [1.165, 1.54) is 13.1 Å². The lowest BCUT2D eigenvalue weighted by molar-refractivity contribution is -0.123. The van der Waals surface area contributed by atoms with Gasteiger partial charge in [0.15, 0.2) is 17.6 Å². The number of hydrogen-bond donors (Lipinski definition) is 1. The van der Waals surface area contributed by atoms with E-state index < -0.39 is 18.0 Å². The van der Waals surface area contributed by atoms with Crippen LogP contribution in [0.15, 0.2) is 42.7 Å². The Morgan fingerprint density at radius 1 is 1.21 bits per heavy atom. The summed E-state index contributed by atoms with van der Waals surface area (Å²) in [7, 11) is 0. The third-order valence-corrected chi connectivity index (χ3v) is 3.36. The quantitative estimate of drug-likeness (QED) is 0.864. The molecule has 7 heteroatoms. The topological polar surface area (TPSA) is 86.8 Å². The van der Waals surface area contributed by atoms with Crippen molar-refractivity contribution in [2.45, 2.75) is 13.0 Å². The Kier molecular flexibility index (Phi) is 4.60. The van der Waals surface area contributed by atoms with Crippen molar-refractivity contribution in [2.75, 3.05) is 18.5 Å². The Hall–Kier alpha value is -3.09. The Morgan fingerprint density at radius 3 is 2.75 bits per heavy atom. The third-order valence-electron chi connectivity index (χ3n) is 3.36. The minimum absolute atomic E-state index is 0.288. The number of nitrogens with one attached hydrogen (secondary N) is 1. The SMILES string of the molecule is C[C@H](OC(=O)c1cccnc1)C(=O)Nc1ccc2c(c1)OCCO2. The molecule has 1 aliphatic rings. The van der Waals surface area contributed by atoms with E-state index in [9.17, 15) is 9.59 Å². The number of ether oxygens (including phenoxy) is 3. The Labute approximate surface area is 138 Å². The number of anilines is 1. The van der Waals surface area contributed by atoms with Gasteiger partial charge in [0, 0.05) is 24.1 Å². The number of hydrogen-bond acceptors (Lipinski definition) is 6. The second-order valence-corrected chi connectivity index (χ2v) is 5.14. The first-order chi connectivity index (χ1) is 11.6. The van der Waals surface area contributed by atoms with Crippen LogP contribution in [-0.4, -0.2) is 36.2 Å². The van der Waals surface area contributed by atoms with Crippen molar-refractivity contribution in [1.82, 2.24) is 4.98 Å². The molecule has 1 aliphatic heterocycles. The summed E-state index contributed by atoms with van der Waals surface area (Å²) < 4.78 is 16.0. The van der Waals surface area contributed by atoms with Crippen LogP contribution in [0.25, 0.3) is 0 Å². The normalized spacial score (nSPS) is 13.7. The van der Waals surface area contributed by atoms with Gasteiger partial charge in [0.25, 0.3) is 5.91 Å². The van der Waals surface area contributed by atoms with E-state index in [4.69, 9.17) is 14.2 Å². The van der Waals surface area contributed by atoms with Crippen LogP contribution in [0.4, 0.5) is 5.69 Å². The number of benzene rings is 1. The van der Waals surface area contributed by atoms with Gasteiger partial charge in [0.05, 0.1) is 5.56 Å². The molecular weight excluding hydrogens is 312 g/mol. The molecule has 0 unspecified atom stereocenters. The zero-order valence-electron chi connectivity index (χ0n) is 13.0. The van der Waals surface area contributed by atoms with Crippen molar-refractivity contribution in [1.29, 1.82) is 0 Å². The average Bonchev–Trinajstić information content (AvgIpc) is 2.62. The first-order valence-corrected chi connectivity index (χ1v) is 7.45. The summed E-state index contributed by atoms with van der Waals surface area (Å²) in [6.45, 7) is 2.46. The van der Waals surface area contributed by atoms with Crippen molar-refractivity contribution in [3.8, 4) is 11.5 Å². The van der Waals surface area contributed by atoms with Gasteiger partial charge >= 0.3 is 5.97 Å². The molecule has 0 fully saturated rings. The summed E-state index contributed by atoms with van der Waals surface area (Å²) in [6.07, 6.45) is 1.98. The molecule has 2 aromatic rings. The van der Waals surface area contributed by atoms with Crippen molar-refractivity contribution >= 4 is 17.6 Å². The summed E-state index contributed by atoms with van der Waals surface area (Å²) in [4.78, 5) is 27.9. The zero-order valence-corrected chi connectivity index (χ0v) is 13.0. The van der Waals surface area contributed by atoms with Crippen LogP contribution in [0.3, 0.4) is 0 Å². The Balaban J connectivity index is 1.61. The molecule has 1 N–H and O–H groups in total. The lowest BCUT2D eigenvalue weighted by Gasteiger charge is -2.19. The molecule has 1 aromatic heterocycles. The van der Waals surface area contributed by atoms with Crippen molar-refractivity contribution in [3.05, 3.63) is 48.3 Å². The van der Waals surface area contributed by atoms with E-state index in [-0.39, 0.29) is 5.56 Å². The summed E-state index contributed by atoms with van der Waals surface area (Å²) in [5.74, 6) is 0.159. The van der Waals surface area contributed by atoms with Crippen molar-refractivity contribution < 1.29 is 23.8 Å². The molecule has 1 atom stereocenters. The van der Waals surface area contributed by atoms with Crippen LogP contribution in [-0.2, 0) is 9.53 Å². The molecule has 124 valence electrons. The molecule has 0 spiro atoms. The number of carbonyl (C=O) groups is 2. The molecule has 0 radical (unpaired) electrons. The molecule has 0 saturated heterocycles. The fourth-order valence-corrected chi connectivity index (χ4v) is 2.13. The van der Waals surface area contributed by atoms with Gasteiger partial charge < -0.3 is 19.5 Å². The molecule has 0 bridgehead atoms. The van der Waals surface area contributed by atoms with Gasteiger partial charge in [-0.1, -0.05) is 0 Å². The van der Waals surface area contributed by atoms with Gasteiger partial charge in [-0.25, -0.2) is 4.79 Å². The first kappa shape index (κ1) is 15.8. The minimum Gasteiger partial charge on any atom is -0.486 e. The van der Waals surface area contributed by atoms with Crippen LogP contribution in [0.1, 0.15) is 17.3 Å². The molecule has 2 heterocycles. The van der Waals surface area contributed by atoms with E-state index >= 15 is 0 Å². The predicted octanol–water partition coefficient (Wildman–Crippen LogP) is 2.04. The molecule has 24 heavy (non-hydrogen) atoms. The highest BCUT2D eigenvalue weighted by Gasteiger charge is 2.20. The maximum Gasteiger partial charge on any atom is 0.340 e. The van der Waals surface area contributed by atoms with Crippen molar-refractivity contribution in [2.24, 2.45) is 0 Å². The first-order valence-electron chi connectivity index (χ1n) is 7.45. The standard InChI is InChI=1S/C17H16N2O5/c1-11(24-17(21)12-3-2-6-18-10-12)16(20)19-13-4-5-14-15(9-13)23-8-7-22-14/h2-6,9-11H,7-8H2,1H3,(H,19,20)/t11-/m0/s1. The molecule has 3 rings (SSSR count). The van der Waals surface area contributed by atoms with Gasteiger partial charge in [-0.15, -0.1) is 0 Å². The number of fused-ring (bicyclic) bond motifs is 1. The second kappa shape index (κ2) is 6.99. The fourth-order valence-electron chi connectivity index (χ4n) is 2.13. The summed E-state index contributed by atoms with van der Waals surface area (Å²) in [5.41, 5.74) is 0.824. The third kappa shape index (κ3) is 3.62. The molecule has 1 amide bonds. The smallest absolute Gasteiger partial charge is 0.340 e. The molecule has 7 nitrogen and oxygen atoms in total. The van der Waals surface area contributed by atoms with Crippen LogP contribution in [0, 0.1) is 0 Å². The number of amides is 1. The van der Waals surface area contributed by atoms with E-state index in [1.54, 1.807) is 36.5 Å². The van der Waals surface area contributed by atoms with Gasteiger partial charge in [-0.2, -0.15) is 0 Å². The van der Waals surface area contributed by atoms with E-state index in [1.807, 2.05) is 0 Å².